The molecular formula is C44H58F2N8O7. The standard InChI is InChI=1S/C44H58F2N8O7/c1-27(2)39(50-35(56)14-8-7-9-20-52-36(57)17-18-37(52)58)43(61)54(28(3)41(48)60)31-13-10-12-29(22-31)24-51-25-34(32-23-30(45)15-16-33(32)46)49-42(51)40(44(4,5)6)53(21-11-19-47)38(59)26-55/h10,12-13,15-18,22-23,25,27-28,39-40,55H,7-9,11,14,19-21,24,26,47H2,1-6H3,(H2,48,60)(H,50,56)/t28-,39-,40-/m0/s1. The largest absolute Gasteiger partial charge is 0.387 e. The molecule has 1 aliphatic heterocycles. The van der Waals surface area contributed by atoms with Crippen LogP contribution in [0.2, 0.25) is 0 Å². The third-order valence-corrected chi connectivity index (χ3v) is 10.5. The number of aliphatic hydroxyl groups is 1. The highest BCUT2D eigenvalue weighted by atomic mass is 19.1. The molecule has 4 rings (SSSR count). The summed E-state index contributed by atoms with van der Waals surface area (Å²) in [5, 5.41) is 12.8. The molecule has 330 valence electrons. The van der Waals surface area contributed by atoms with Crippen molar-refractivity contribution in [3.05, 3.63) is 83.8 Å². The molecule has 0 saturated carbocycles. The number of nitrogens with one attached hydrogen (secondary N) is 1. The number of imide groups is 1. The summed E-state index contributed by atoms with van der Waals surface area (Å²) >= 11 is 0. The number of hydrogen-bond acceptors (Lipinski definition) is 9. The summed E-state index contributed by atoms with van der Waals surface area (Å²) in [5.74, 6) is -4.58. The van der Waals surface area contributed by atoms with E-state index in [-0.39, 0.29) is 55.7 Å². The second-order valence-corrected chi connectivity index (χ2v) is 16.6. The highest BCUT2D eigenvalue weighted by Gasteiger charge is 2.39. The van der Waals surface area contributed by atoms with Gasteiger partial charge in [-0.15, -0.1) is 0 Å². The number of carbonyl (C=O) groups excluding carboxylic acids is 6. The van der Waals surface area contributed by atoms with Gasteiger partial charge in [-0.2, -0.15) is 0 Å². The van der Waals surface area contributed by atoms with Gasteiger partial charge < -0.3 is 31.4 Å². The minimum Gasteiger partial charge on any atom is -0.387 e. The average molecular weight is 849 g/mol. The van der Waals surface area contributed by atoms with E-state index in [0.717, 1.165) is 23.1 Å². The molecule has 0 radical (unpaired) electrons. The molecule has 3 aromatic rings. The molecule has 0 unspecified atom stereocenters. The van der Waals surface area contributed by atoms with Crippen molar-refractivity contribution >= 4 is 41.1 Å². The van der Waals surface area contributed by atoms with Crippen molar-refractivity contribution in [2.75, 3.05) is 31.1 Å². The predicted molar refractivity (Wildman–Crippen MR) is 225 cm³/mol. The number of hydrogen-bond donors (Lipinski definition) is 4. The average Bonchev–Trinajstić information content (AvgIpc) is 3.75. The van der Waals surface area contributed by atoms with E-state index in [1.165, 1.54) is 28.9 Å². The number of imidazole rings is 1. The van der Waals surface area contributed by atoms with Crippen LogP contribution in [0.3, 0.4) is 0 Å². The number of amides is 6. The van der Waals surface area contributed by atoms with Crippen molar-refractivity contribution in [2.24, 2.45) is 22.8 Å². The number of primary amides is 1. The number of unbranched alkanes of at least 4 members (excludes halogenated alkanes) is 2. The number of nitrogens with zero attached hydrogens (tertiary/aromatic N) is 5. The maximum atomic E-state index is 15.2. The molecule has 0 spiro atoms. The maximum absolute atomic E-state index is 15.2. The van der Waals surface area contributed by atoms with E-state index in [1.807, 2.05) is 20.8 Å². The Morgan fingerprint density at radius 3 is 2.25 bits per heavy atom. The van der Waals surface area contributed by atoms with Gasteiger partial charge in [-0.05, 0) is 80.0 Å². The van der Waals surface area contributed by atoms with Crippen LogP contribution in [0, 0.1) is 23.0 Å². The van der Waals surface area contributed by atoms with E-state index >= 15 is 4.39 Å². The van der Waals surface area contributed by atoms with Crippen molar-refractivity contribution in [1.29, 1.82) is 0 Å². The molecule has 17 heteroatoms. The van der Waals surface area contributed by atoms with E-state index in [2.05, 4.69) is 5.32 Å². The summed E-state index contributed by atoms with van der Waals surface area (Å²) in [6.07, 6.45) is 5.98. The fourth-order valence-electron chi connectivity index (χ4n) is 7.31. The summed E-state index contributed by atoms with van der Waals surface area (Å²) < 4.78 is 31.4. The highest BCUT2D eigenvalue weighted by molar-refractivity contribution is 6.12. The van der Waals surface area contributed by atoms with Gasteiger partial charge in [0.1, 0.15) is 36.1 Å². The zero-order valence-electron chi connectivity index (χ0n) is 35.7. The number of carbonyl (C=O) groups is 6. The Kier molecular flexibility index (Phi) is 16.6. The minimum atomic E-state index is -1.15. The van der Waals surface area contributed by atoms with Gasteiger partial charge in [0.25, 0.3) is 17.7 Å². The summed E-state index contributed by atoms with van der Waals surface area (Å²) in [7, 11) is 0. The fourth-order valence-corrected chi connectivity index (χ4v) is 7.31. The zero-order valence-corrected chi connectivity index (χ0v) is 35.7. The molecule has 6 N–H and O–H groups in total. The van der Waals surface area contributed by atoms with E-state index in [1.54, 1.807) is 48.9 Å². The van der Waals surface area contributed by atoms with Gasteiger partial charge in [-0.1, -0.05) is 53.2 Å². The van der Waals surface area contributed by atoms with Crippen LogP contribution in [-0.2, 0) is 35.3 Å². The van der Waals surface area contributed by atoms with Crippen LogP contribution < -0.4 is 21.7 Å². The van der Waals surface area contributed by atoms with E-state index in [0.29, 0.717) is 42.8 Å². The highest BCUT2D eigenvalue weighted by Crippen LogP contribution is 2.40. The van der Waals surface area contributed by atoms with E-state index in [4.69, 9.17) is 16.5 Å². The number of nitrogens with two attached hydrogens (primary N) is 2. The lowest BCUT2D eigenvalue weighted by atomic mass is 9.84. The van der Waals surface area contributed by atoms with Crippen molar-refractivity contribution in [3.63, 3.8) is 0 Å². The Morgan fingerprint density at radius 1 is 0.951 bits per heavy atom. The molecule has 3 atom stereocenters. The molecule has 2 aromatic carbocycles. The van der Waals surface area contributed by atoms with Crippen LogP contribution in [0.1, 0.15) is 91.1 Å². The topological polar surface area (TPSA) is 214 Å². The van der Waals surface area contributed by atoms with Gasteiger partial charge in [-0.3, -0.25) is 38.6 Å². The number of aromatic nitrogens is 2. The van der Waals surface area contributed by atoms with Gasteiger partial charge in [0.15, 0.2) is 0 Å². The lowest BCUT2D eigenvalue weighted by molar-refractivity contribution is -0.140. The molecule has 61 heavy (non-hydrogen) atoms. The molecule has 0 bridgehead atoms. The molecule has 2 heterocycles. The van der Waals surface area contributed by atoms with Crippen LogP contribution in [0.4, 0.5) is 14.5 Å². The monoisotopic (exact) mass is 848 g/mol. The molecule has 15 nitrogen and oxygen atoms in total. The first kappa shape index (κ1) is 47.9. The lowest BCUT2D eigenvalue weighted by Crippen LogP contribution is -2.56. The van der Waals surface area contributed by atoms with Crippen LogP contribution in [-0.4, -0.2) is 98.2 Å². The van der Waals surface area contributed by atoms with Crippen LogP contribution >= 0.6 is 0 Å². The third-order valence-electron chi connectivity index (χ3n) is 10.5. The number of halogens is 2. The predicted octanol–water partition coefficient (Wildman–Crippen LogP) is 3.97. The second-order valence-electron chi connectivity index (χ2n) is 16.6. The number of anilines is 1. The van der Waals surface area contributed by atoms with Gasteiger partial charge in [0, 0.05) is 55.7 Å². The van der Waals surface area contributed by atoms with Gasteiger partial charge in [0.05, 0.1) is 11.7 Å². The van der Waals surface area contributed by atoms with Crippen molar-refractivity contribution in [1.82, 2.24) is 24.7 Å². The van der Waals surface area contributed by atoms with E-state index < -0.39 is 71.3 Å². The lowest BCUT2D eigenvalue weighted by Gasteiger charge is -2.40. The van der Waals surface area contributed by atoms with Crippen molar-refractivity contribution in [2.45, 2.75) is 98.3 Å². The maximum Gasteiger partial charge on any atom is 0.253 e. The first-order valence-corrected chi connectivity index (χ1v) is 20.5. The smallest absolute Gasteiger partial charge is 0.253 e. The fraction of sp³-hybridized carbons (Fsp3) is 0.477. The van der Waals surface area contributed by atoms with Crippen molar-refractivity contribution < 1.29 is 42.7 Å². The number of aliphatic hydroxyl groups excluding tert-OH is 1. The summed E-state index contributed by atoms with van der Waals surface area (Å²) in [6.45, 7) is 10.6. The van der Waals surface area contributed by atoms with Gasteiger partial charge in [-0.25, -0.2) is 13.8 Å². The number of benzene rings is 2. The first-order chi connectivity index (χ1) is 28.8. The van der Waals surface area contributed by atoms with Gasteiger partial charge in [0.2, 0.25) is 17.7 Å². The summed E-state index contributed by atoms with van der Waals surface area (Å²) in [6, 6.07) is 6.77. The molecule has 1 aromatic heterocycles. The second kappa shape index (κ2) is 21.1. The molecule has 0 fully saturated rings. The Bertz CT molecular complexity index is 2100. The molecule has 0 aliphatic carbocycles. The Balaban J connectivity index is 1.68. The zero-order chi connectivity index (χ0) is 45.2. The molecule has 6 amide bonds. The molecule has 1 aliphatic rings. The van der Waals surface area contributed by atoms with Crippen LogP contribution in [0.25, 0.3) is 11.3 Å². The Labute approximate surface area is 355 Å². The first-order valence-electron chi connectivity index (χ1n) is 20.5. The Morgan fingerprint density at radius 2 is 1.64 bits per heavy atom. The van der Waals surface area contributed by atoms with Crippen molar-refractivity contribution in [3.8, 4) is 11.3 Å². The molecular weight excluding hydrogens is 791 g/mol. The number of rotatable bonds is 21. The van der Waals surface area contributed by atoms with Crippen LogP contribution in [0.15, 0.2) is 60.8 Å². The molecule has 0 saturated heterocycles. The van der Waals surface area contributed by atoms with Crippen LogP contribution in [0.5, 0.6) is 0 Å². The normalized spacial score (nSPS) is 14.3. The third kappa shape index (κ3) is 12.2. The van der Waals surface area contributed by atoms with E-state index in [9.17, 15) is 38.3 Å². The minimum absolute atomic E-state index is 0.0473. The Hall–Kier alpha value is -5.81. The van der Waals surface area contributed by atoms with Gasteiger partial charge >= 0.3 is 0 Å². The SMILES string of the molecule is CC(C)[C@H](NC(=O)CCCCCN1C(=O)C=CC1=O)C(=O)N(c1cccc(Cn2cc(-c3cc(F)ccc3F)nc2[C@H](N(CCCN)C(=O)CO)C(C)(C)C)c1)[C@@H](C)C(N)=O. The summed E-state index contributed by atoms with van der Waals surface area (Å²) in [4.78, 5) is 85.9. The summed E-state index contributed by atoms with van der Waals surface area (Å²) in [5.41, 5.74) is 11.8. The quantitative estimate of drug-likeness (QED) is 0.0901.